The number of amides is 1. The maximum atomic E-state index is 12.7. The Hall–Kier alpha value is -2.82. The van der Waals surface area contributed by atoms with Gasteiger partial charge in [-0.1, -0.05) is 31.7 Å². The van der Waals surface area contributed by atoms with Crippen molar-refractivity contribution < 1.29 is 28.2 Å². The zero-order valence-electron chi connectivity index (χ0n) is 20.1. The molecule has 0 spiro atoms. The molecule has 1 heterocycles. The minimum atomic E-state index is -3.58. The Bertz CT molecular complexity index is 1160. The first-order valence-corrected chi connectivity index (χ1v) is 12.9. The van der Waals surface area contributed by atoms with Gasteiger partial charge < -0.3 is 20.3 Å². The molecule has 10 heteroatoms. The zero-order chi connectivity index (χ0) is 25.3. The predicted molar refractivity (Wildman–Crippen MR) is 138 cm³/mol. The highest BCUT2D eigenvalue weighted by molar-refractivity contribution is 7.92. The third kappa shape index (κ3) is 7.09. The molecule has 0 radical (unpaired) electrons. The molecule has 4 N–H and O–H groups in total. The van der Waals surface area contributed by atoms with Gasteiger partial charge in [0.2, 0.25) is 10.0 Å². The van der Waals surface area contributed by atoms with E-state index in [1.165, 1.54) is 18.2 Å². The van der Waals surface area contributed by atoms with Gasteiger partial charge in [0.1, 0.15) is 11.4 Å². The van der Waals surface area contributed by atoms with Crippen LogP contribution in [0.25, 0.3) is 0 Å². The molecule has 0 saturated carbocycles. The summed E-state index contributed by atoms with van der Waals surface area (Å²) in [5.41, 5.74) is 1.09. The average molecular weight is 508 g/mol. The van der Waals surface area contributed by atoms with Crippen molar-refractivity contribution in [2.45, 2.75) is 58.8 Å². The van der Waals surface area contributed by atoms with Crippen LogP contribution in [0.1, 0.15) is 58.8 Å². The number of cyclic esters (lactones) is 1. The van der Waals surface area contributed by atoms with Gasteiger partial charge in [-0.2, -0.15) is 0 Å². The molecule has 0 saturated heterocycles. The van der Waals surface area contributed by atoms with Crippen molar-refractivity contribution in [3.05, 3.63) is 53.6 Å². The molecule has 2 aromatic rings. The molecule has 0 aliphatic carbocycles. The van der Waals surface area contributed by atoms with E-state index in [9.17, 15) is 23.4 Å². The maximum Gasteiger partial charge on any atom is 0.415 e. The maximum absolute atomic E-state index is 12.7. The van der Waals surface area contributed by atoms with Crippen LogP contribution in [0.15, 0.2) is 42.5 Å². The minimum Gasteiger partial charge on any atom is -0.506 e. The monoisotopic (exact) mass is 507 g/mol. The number of anilines is 2. The number of hydrogen-bond donors (Lipinski definition) is 4. The smallest absolute Gasteiger partial charge is 0.415 e. The summed E-state index contributed by atoms with van der Waals surface area (Å²) >= 11 is 0. The number of fused-ring (bicyclic) bond motifs is 1. The Morgan fingerprint density at radius 2 is 1.83 bits per heavy atom. The molecule has 35 heavy (non-hydrogen) atoms. The number of nitrogens with zero attached hydrogens (tertiary/aromatic N) is 1. The number of nitrogens with one attached hydrogen (secondary N) is 2. The Balaban J connectivity index is 0.00000432. The first-order chi connectivity index (χ1) is 15.7. The third-order valence-electron chi connectivity index (χ3n) is 5.84. The number of phenols is 1. The Morgan fingerprint density at radius 3 is 2.49 bits per heavy atom. The molecule has 1 atom stereocenters. The van der Waals surface area contributed by atoms with E-state index < -0.39 is 33.4 Å². The number of sulfonamides is 1. The van der Waals surface area contributed by atoms with E-state index in [2.05, 4.69) is 10.0 Å². The van der Waals surface area contributed by atoms with Gasteiger partial charge in [0.05, 0.1) is 23.7 Å². The van der Waals surface area contributed by atoms with Gasteiger partial charge in [-0.15, -0.1) is 0 Å². The van der Waals surface area contributed by atoms with Crippen molar-refractivity contribution >= 4 is 27.5 Å². The standard InChI is InChI=1S/C24H33N3O6S.CH4/c1-23(2,12-13-27-19-9-7-6-8-17(19)24(3,4)33-22(27)30)25-15-21(29)16-10-11-20(28)18(14-16)26-34(5,31)32;/h6-11,14,21,25-26,28-29H,12-13,15H2,1-5H3;1H4/t21-;/m0./s1. The van der Waals surface area contributed by atoms with Gasteiger partial charge in [-0.05, 0) is 57.9 Å². The van der Waals surface area contributed by atoms with Gasteiger partial charge in [0, 0.05) is 24.2 Å². The van der Waals surface area contributed by atoms with E-state index in [-0.39, 0.29) is 25.4 Å². The summed E-state index contributed by atoms with van der Waals surface area (Å²) in [6.07, 6.45) is 0.230. The number of para-hydroxylation sites is 1. The lowest BCUT2D eigenvalue weighted by Crippen LogP contribution is -2.48. The number of aliphatic hydroxyl groups is 1. The number of phenolic OH excluding ortho intramolecular Hbond substituents is 1. The van der Waals surface area contributed by atoms with Gasteiger partial charge >= 0.3 is 6.09 Å². The van der Waals surface area contributed by atoms with E-state index in [4.69, 9.17) is 4.74 Å². The van der Waals surface area contributed by atoms with E-state index in [0.29, 0.717) is 18.5 Å². The molecule has 2 aromatic carbocycles. The van der Waals surface area contributed by atoms with Crippen molar-refractivity contribution in [2.24, 2.45) is 0 Å². The Labute approximate surface area is 208 Å². The first-order valence-electron chi connectivity index (χ1n) is 11.0. The van der Waals surface area contributed by atoms with Crippen LogP contribution in [0.4, 0.5) is 16.2 Å². The number of carbonyl (C=O) groups is 1. The highest BCUT2D eigenvalue weighted by Crippen LogP contribution is 2.38. The van der Waals surface area contributed by atoms with Gasteiger partial charge in [0.15, 0.2) is 0 Å². The molecule has 1 aliphatic rings. The topological polar surface area (TPSA) is 128 Å². The molecule has 3 rings (SSSR count). The van der Waals surface area contributed by atoms with Gasteiger partial charge in [0.25, 0.3) is 0 Å². The summed E-state index contributed by atoms with van der Waals surface area (Å²) in [5, 5.41) is 23.8. The van der Waals surface area contributed by atoms with Crippen LogP contribution in [-0.2, 0) is 20.4 Å². The first kappa shape index (κ1) is 28.4. The second-order valence-electron chi connectivity index (χ2n) is 9.73. The zero-order valence-corrected chi connectivity index (χ0v) is 20.9. The number of aliphatic hydroxyl groups excluding tert-OH is 1. The highest BCUT2D eigenvalue weighted by atomic mass is 32.2. The summed E-state index contributed by atoms with van der Waals surface area (Å²) in [4.78, 5) is 14.3. The summed E-state index contributed by atoms with van der Waals surface area (Å²) in [5.74, 6) is -0.230. The van der Waals surface area contributed by atoms with Crippen LogP contribution in [0, 0.1) is 0 Å². The van der Waals surface area contributed by atoms with Gasteiger partial charge in [-0.25, -0.2) is 13.2 Å². The average Bonchev–Trinajstić information content (AvgIpc) is 2.72. The van der Waals surface area contributed by atoms with Crippen molar-refractivity contribution in [1.29, 1.82) is 0 Å². The Morgan fingerprint density at radius 1 is 1.17 bits per heavy atom. The largest absolute Gasteiger partial charge is 0.506 e. The lowest BCUT2D eigenvalue weighted by molar-refractivity contribution is 0.0347. The van der Waals surface area contributed by atoms with E-state index in [1.807, 2.05) is 52.0 Å². The second kappa shape index (κ2) is 10.4. The fraction of sp³-hybridized carbons (Fsp3) is 0.480. The van der Waals surface area contributed by atoms with Crippen molar-refractivity contribution in [3.8, 4) is 5.75 Å². The van der Waals surface area contributed by atoms with Crippen LogP contribution >= 0.6 is 0 Å². The molecule has 0 aromatic heterocycles. The number of aromatic hydroxyl groups is 1. The van der Waals surface area contributed by atoms with Crippen LogP contribution in [0.2, 0.25) is 0 Å². The normalized spacial score (nSPS) is 16.1. The number of rotatable bonds is 9. The fourth-order valence-electron chi connectivity index (χ4n) is 3.87. The summed E-state index contributed by atoms with van der Waals surface area (Å²) in [6, 6.07) is 11.9. The van der Waals surface area contributed by atoms with E-state index >= 15 is 0 Å². The lowest BCUT2D eigenvalue weighted by atomic mass is 9.93. The molecule has 0 fully saturated rings. The van der Waals surface area contributed by atoms with Crippen LogP contribution in [0.3, 0.4) is 0 Å². The SMILES string of the molecule is C.CC(C)(CCN1C(=O)OC(C)(C)c2ccccc21)NC[C@H](O)c1ccc(O)c(NS(C)(=O)=O)c1. The number of hydrogen-bond acceptors (Lipinski definition) is 7. The second-order valence-corrected chi connectivity index (χ2v) is 11.5. The molecule has 0 bridgehead atoms. The molecular formula is C25H37N3O6S. The van der Waals surface area contributed by atoms with Crippen molar-refractivity contribution in [1.82, 2.24) is 5.32 Å². The third-order valence-corrected chi connectivity index (χ3v) is 6.43. The number of carbonyl (C=O) groups excluding carboxylic acids is 1. The number of benzene rings is 2. The van der Waals surface area contributed by atoms with Crippen LogP contribution in [0.5, 0.6) is 5.75 Å². The van der Waals surface area contributed by atoms with Crippen LogP contribution < -0.4 is 14.9 Å². The van der Waals surface area contributed by atoms with Gasteiger partial charge in [-0.3, -0.25) is 9.62 Å². The molecule has 9 nitrogen and oxygen atoms in total. The Kier molecular flexibility index (Phi) is 8.47. The quantitative estimate of drug-likeness (QED) is 0.377. The summed E-state index contributed by atoms with van der Waals surface area (Å²) in [6.45, 7) is 8.28. The number of ether oxygens (including phenoxy) is 1. The molecular weight excluding hydrogens is 470 g/mol. The van der Waals surface area contributed by atoms with E-state index in [1.54, 1.807) is 4.90 Å². The molecule has 1 amide bonds. The predicted octanol–water partition coefficient (Wildman–Crippen LogP) is 4.08. The molecule has 1 aliphatic heterocycles. The van der Waals surface area contributed by atoms with Crippen LogP contribution in [-0.4, -0.2) is 49.6 Å². The van der Waals surface area contributed by atoms with Crippen molar-refractivity contribution in [3.63, 3.8) is 0 Å². The minimum absolute atomic E-state index is 0. The summed E-state index contributed by atoms with van der Waals surface area (Å²) in [7, 11) is -3.58. The highest BCUT2D eigenvalue weighted by Gasteiger charge is 2.38. The number of β-amino-alcohol motifs (C(OH)–C–C–N with tert-alkyl or cyclic N) is 1. The molecule has 194 valence electrons. The van der Waals surface area contributed by atoms with E-state index in [0.717, 1.165) is 17.5 Å². The summed E-state index contributed by atoms with van der Waals surface area (Å²) < 4.78 is 30.9. The van der Waals surface area contributed by atoms with Crippen molar-refractivity contribution in [2.75, 3.05) is 29.0 Å². The lowest BCUT2D eigenvalue weighted by Gasteiger charge is -2.39. The fourth-order valence-corrected chi connectivity index (χ4v) is 4.43. The molecule has 0 unspecified atom stereocenters.